The second-order valence-electron chi connectivity index (χ2n) is 8.91. The average molecular weight is 529 g/mol. The van der Waals surface area contributed by atoms with Crippen molar-refractivity contribution in [3.63, 3.8) is 0 Å². The van der Waals surface area contributed by atoms with Gasteiger partial charge in [-0.25, -0.2) is 8.42 Å². The van der Waals surface area contributed by atoms with E-state index in [0.717, 1.165) is 42.9 Å². The van der Waals surface area contributed by atoms with Gasteiger partial charge in [-0.15, -0.1) is 0 Å². The monoisotopic (exact) mass is 528 g/mol. The van der Waals surface area contributed by atoms with Crippen molar-refractivity contribution >= 4 is 38.6 Å². The van der Waals surface area contributed by atoms with Crippen LogP contribution in [0.1, 0.15) is 75.8 Å². The number of thiocarbonyl (C=S) groups is 1. The van der Waals surface area contributed by atoms with Gasteiger partial charge in [0.25, 0.3) is 0 Å². The van der Waals surface area contributed by atoms with E-state index in [2.05, 4.69) is 17.6 Å². The van der Waals surface area contributed by atoms with Crippen LogP contribution in [0.3, 0.4) is 0 Å². The van der Waals surface area contributed by atoms with Crippen molar-refractivity contribution in [1.82, 2.24) is 5.32 Å². The highest BCUT2D eigenvalue weighted by Crippen LogP contribution is 2.18. The van der Waals surface area contributed by atoms with E-state index in [1.165, 1.54) is 31.9 Å². The van der Waals surface area contributed by atoms with Gasteiger partial charge in [0, 0.05) is 56.9 Å². The lowest BCUT2D eigenvalue weighted by Gasteiger charge is -2.13. The SMILES string of the molecule is CCCCCCCOCCCOCCCC(=O)Nc1cc(C(=S)NCCCS(C)(=O)=O)ccc1C. The molecule has 0 saturated carbocycles. The lowest BCUT2D eigenvalue weighted by molar-refractivity contribution is -0.116. The molecule has 1 rings (SSSR count). The highest BCUT2D eigenvalue weighted by molar-refractivity contribution is 7.90. The first-order valence-electron chi connectivity index (χ1n) is 12.7. The Morgan fingerprint density at radius 3 is 2.29 bits per heavy atom. The predicted octanol–water partition coefficient (Wildman–Crippen LogP) is 4.81. The van der Waals surface area contributed by atoms with Crippen molar-refractivity contribution in [3.8, 4) is 0 Å². The molecule has 0 aliphatic rings. The molecule has 35 heavy (non-hydrogen) atoms. The molecular weight excluding hydrogens is 484 g/mol. The van der Waals surface area contributed by atoms with Crippen LogP contribution in [0.4, 0.5) is 5.69 Å². The largest absolute Gasteiger partial charge is 0.381 e. The molecule has 200 valence electrons. The molecule has 0 bridgehead atoms. The van der Waals surface area contributed by atoms with E-state index < -0.39 is 9.84 Å². The first-order chi connectivity index (χ1) is 16.7. The minimum absolute atomic E-state index is 0.0627. The molecule has 1 amide bonds. The van der Waals surface area contributed by atoms with Gasteiger partial charge in [0.1, 0.15) is 14.8 Å². The fourth-order valence-electron chi connectivity index (χ4n) is 3.36. The summed E-state index contributed by atoms with van der Waals surface area (Å²) >= 11 is 5.41. The summed E-state index contributed by atoms with van der Waals surface area (Å²) in [6, 6.07) is 5.65. The van der Waals surface area contributed by atoms with E-state index >= 15 is 0 Å². The first kappa shape index (κ1) is 31.5. The van der Waals surface area contributed by atoms with Gasteiger partial charge in [-0.3, -0.25) is 4.79 Å². The van der Waals surface area contributed by atoms with Gasteiger partial charge in [-0.05, 0) is 44.2 Å². The molecule has 0 spiro atoms. The number of sulfone groups is 1. The fraction of sp³-hybridized carbons (Fsp3) is 0.692. The zero-order valence-electron chi connectivity index (χ0n) is 21.7. The lowest BCUT2D eigenvalue weighted by atomic mass is 10.1. The van der Waals surface area contributed by atoms with E-state index in [1.54, 1.807) is 0 Å². The smallest absolute Gasteiger partial charge is 0.224 e. The maximum atomic E-state index is 12.4. The number of ether oxygens (including phenoxy) is 2. The lowest BCUT2D eigenvalue weighted by Crippen LogP contribution is -2.25. The quantitative estimate of drug-likeness (QED) is 0.185. The Hall–Kier alpha value is -1.55. The molecule has 0 aliphatic carbocycles. The van der Waals surface area contributed by atoms with Crippen LogP contribution in [0.5, 0.6) is 0 Å². The van der Waals surface area contributed by atoms with Crippen LogP contribution in [-0.4, -0.2) is 64.3 Å². The summed E-state index contributed by atoms with van der Waals surface area (Å²) in [6.07, 6.45) is 9.85. The van der Waals surface area contributed by atoms with Crippen molar-refractivity contribution in [2.45, 2.75) is 71.6 Å². The van der Waals surface area contributed by atoms with E-state index in [-0.39, 0.29) is 11.7 Å². The van der Waals surface area contributed by atoms with Crippen LogP contribution < -0.4 is 10.6 Å². The number of rotatable bonds is 20. The summed E-state index contributed by atoms with van der Waals surface area (Å²) < 4.78 is 33.7. The Bertz CT molecular complexity index is 859. The van der Waals surface area contributed by atoms with Crippen LogP contribution in [0.15, 0.2) is 18.2 Å². The number of nitrogens with one attached hydrogen (secondary N) is 2. The van der Waals surface area contributed by atoms with Gasteiger partial charge in [0.05, 0.1) is 5.75 Å². The average Bonchev–Trinajstić information content (AvgIpc) is 2.80. The second kappa shape index (κ2) is 18.7. The number of unbranched alkanes of at least 4 members (excludes halogenated alkanes) is 4. The van der Waals surface area contributed by atoms with E-state index in [4.69, 9.17) is 21.7 Å². The summed E-state index contributed by atoms with van der Waals surface area (Å²) in [5.41, 5.74) is 2.45. The highest BCUT2D eigenvalue weighted by atomic mass is 32.2. The fourth-order valence-corrected chi connectivity index (χ4v) is 4.26. The summed E-state index contributed by atoms with van der Waals surface area (Å²) in [7, 11) is -2.98. The van der Waals surface area contributed by atoms with Crippen LogP contribution in [0.25, 0.3) is 0 Å². The standard InChI is InChI=1S/C26H44N2O5S2/c1-4-5-6-7-8-16-32-18-11-19-33-17-9-12-25(29)28-24-21-23(14-13-22(24)2)26(34)27-15-10-20-35(3,30)31/h13-14,21H,4-12,15-20H2,1-3H3,(H,27,34)(H,28,29). The molecule has 0 aliphatic heterocycles. The molecule has 2 N–H and O–H groups in total. The Morgan fingerprint density at radius 1 is 0.943 bits per heavy atom. The Balaban J connectivity index is 2.20. The molecule has 1 aromatic rings. The zero-order valence-corrected chi connectivity index (χ0v) is 23.3. The van der Waals surface area contributed by atoms with Crippen molar-refractivity contribution in [2.24, 2.45) is 0 Å². The normalized spacial score (nSPS) is 11.4. The number of benzene rings is 1. The molecular formula is C26H44N2O5S2. The molecule has 0 unspecified atom stereocenters. The zero-order chi connectivity index (χ0) is 25.9. The van der Waals surface area contributed by atoms with Gasteiger partial charge in [-0.2, -0.15) is 0 Å². The minimum Gasteiger partial charge on any atom is -0.381 e. The second-order valence-corrected chi connectivity index (χ2v) is 11.6. The van der Waals surface area contributed by atoms with Gasteiger partial charge < -0.3 is 20.1 Å². The number of hydrogen-bond donors (Lipinski definition) is 2. The third-order valence-electron chi connectivity index (χ3n) is 5.41. The van der Waals surface area contributed by atoms with Gasteiger partial charge >= 0.3 is 0 Å². The van der Waals surface area contributed by atoms with Crippen molar-refractivity contribution in [3.05, 3.63) is 29.3 Å². The molecule has 7 nitrogen and oxygen atoms in total. The third kappa shape index (κ3) is 16.7. The number of anilines is 1. The Kier molecular flexibility index (Phi) is 16.8. The first-order valence-corrected chi connectivity index (χ1v) is 15.2. The van der Waals surface area contributed by atoms with E-state index in [9.17, 15) is 13.2 Å². The molecule has 1 aromatic carbocycles. The van der Waals surface area contributed by atoms with Crippen LogP contribution >= 0.6 is 12.2 Å². The summed E-state index contributed by atoms with van der Waals surface area (Å²) in [5.74, 6) is 0.0568. The van der Waals surface area contributed by atoms with Crippen LogP contribution in [-0.2, 0) is 24.1 Å². The number of aryl methyl sites for hydroxylation is 1. The molecule has 0 saturated heterocycles. The Morgan fingerprint density at radius 2 is 1.60 bits per heavy atom. The van der Waals surface area contributed by atoms with E-state index in [0.29, 0.717) is 44.0 Å². The predicted molar refractivity (Wildman–Crippen MR) is 148 cm³/mol. The Labute approximate surface area is 217 Å². The molecule has 0 fully saturated rings. The highest BCUT2D eigenvalue weighted by Gasteiger charge is 2.09. The van der Waals surface area contributed by atoms with Crippen molar-refractivity contribution in [2.75, 3.05) is 50.3 Å². The van der Waals surface area contributed by atoms with Crippen molar-refractivity contribution in [1.29, 1.82) is 0 Å². The van der Waals surface area contributed by atoms with Gasteiger partial charge in [0.2, 0.25) is 5.91 Å². The maximum Gasteiger partial charge on any atom is 0.224 e. The van der Waals surface area contributed by atoms with Crippen molar-refractivity contribution < 1.29 is 22.7 Å². The molecule has 9 heteroatoms. The topological polar surface area (TPSA) is 93.7 Å². The van der Waals surface area contributed by atoms with Crippen LogP contribution in [0.2, 0.25) is 0 Å². The molecule has 0 atom stereocenters. The molecule has 0 heterocycles. The number of hydrogen-bond acceptors (Lipinski definition) is 6. The van der Waals surface area contributed by atoms with Crippen LogP contribution in [0, 0.1) is 6.92 Å². The molecule has 0 radical (unpaired) electrons. The van der Waals surface area contributed by atoms with E-state index in [1.807, 2.05) is 25.1 Å². The van der Waals surface area contributed by atoms with Gasteiger partial charge in [0.15, 0.2) is 0 Å². The van der Waals surface area contributed by atoms with Gasteiger partial charge in [-0.1, -0.05) is 57.0 Å². The molecule has 0 aromatic heterocycles. The summed E-state index contributed by atoms with van der Waals surface area (Å²) in [6.45, 7) is 7.37. The summed E-state index contributed by atoms with van der Waals surface area (Å²) in [5, 5.41) is 6.04. The number of carbonyl (C=O) groups excluding carboxylic acids is 1. The number of amides is 1. The minimum atomic E-state index is -2.98. The summed E-state index contributed by atoms with van der Waals surface area (Å²) in [4.78, 5) is 12.9. The third-order valence-corrected chi connectivity index (χ3v) is 6.82. The number of carbonyl (C=O) groups is 1. The maximum absolute atomic E-state index is 12.4.